The van der Waals surface area contributed by atoms with Gasteiger partial charge in [-0.2, -0.15) is 0 Å². The molecule has 1 aliphatic heterocycles. The highest BCUT2D eigenvalue weighted by Crippen LogP contribution is 2.33. The van der Waals surface area contributed by atoms with Crippen molar-refractivity contribution in [3.63, 3.8) is 0 Å². The van der Waals surface area contributed by atoms with E-state index in [1.807, 2.05) is 24.3 Å². The first-order valence-electron chi connectivity index (χ1n) is 8.48. The Labute approximate surface area is 146 Å². The summed E-state index contributed by atoms with van der Waals surface area (Å²) >= 11 is 3.40. The van der Waals surface area contributed by atoms with E-state index in [4.69, 9.17) is 4.74 Å². The SMILES string of the molecule is COC1CC(CNC(=O)c2ccc(Br)cc2)C(N2CCCC2)C1. The fourth-order valence-corrected chi connectivity index (χ4v) is 4.18. The third-order valence-electron chi connectivity index (χ3n) is 5.19. The van der Waals surface area contributed by atoms with Crippen LogP contribution in [0.15, 0.2) is 28.7 Å². The summed E-state index contributed by atoms with van der Waals surface area (Å²) in [7, 11) is 1.80. The molecule has 0 spiro atoms. The topological polar surface area (TPSA) is 41.6 Å². The van der Waals surface area contributed by atoms with Crippen molar-refractivity contribution in [2.45, 2.75) is 37.8 Å². The Kier molecular flexibility index (Phi) is 5.72. The number of likely N-dealkylation sites (tertiary alicyclic amines) is 1. The molecule has 1 saturated carbocycles. The number of carbonyl (C=O) groups excluding carboxylic acids is 1. The molecule has 1 aromatic carbocycles. The molecule has 1 N–H and O–H groups in total. The lowest BCUT2D eigenvalue weighted by Crippen LogP contribution is -2.41. The number of rotatable bonds is 5. The Morgan fingerprint density at radius 2 is 1.96 bits per heavy atom. The Balaban J connectivity index is 1.58. The maximum atomic E-state index is 12.3. The molecule has 0 radical (unpaired) electrons. The van der Waals surface area contributed by atoms with Crippen molar-refractivity contribution in [3.05, 3.63) is 34.3 Å². The first kappa shape index (κ1) is 16.9. The van der Waals surface area contributed by atoms with Crippen LogP contribution < -0.4 is 5.32 Å². The summed E-state index contributed by atoms with van der Waals surface area (Å²) in [5, 5.41) is 3.12. The molecular weight excluding hydrogens is 356 g/mol. The monoisotopic (exact) mass is 380 g/mol. The predicted octanol–water partition coefficient (Wildman–Crippen LogP) is 3.07. The molecule has 1 aliphatic carbocycles. The van der Waals surface area contributed by atoms with Crippen LogP contribution in [-0.4, -0.2) is 49.7 Å². The summed E-state index contributed by atoms with van der Waals surface area (Å²) in [4.78, 5) is 14.9. The number of amides is 1. The first-order valence-corrected chi connectivity index (χ1v) is 9.27. The van der Waals surface area contributed by atoms with Crippen LogP contribution in [0.25, 0.3) is 0 Å². The molecule has 3 atom stereocenters. The van der Waals surface area contributed by atoms with Gasteiger partial charge in [0.25, 0.3) is 5.91 Å². The zero-order valence-electron chi connectivity index (χ0n) is 13.6. The minimum Gasteiger partial charge on any atom is -0.381 e. The van der Waals surface area contributed by atoms with Crippen molar-refractivity contribution in [2.24, 2.45) is 5.92 Å². The molecule has 2 fully saturated rings. The number of ether oxygens (including phenoxy) is 1. The van der Waals surface area contributed by atoms with Gasteiger partial charge in [0.1, 0.15) is 0 Å². The van der Waals surface area contributed by atoms with Gasteiger partial charge in [-0.15, -0.1) is 0 Å². The lowest BCUT2D eigenvalue weighted by atomic mass is 10.0. The number of benzene rings is 1. The van der Waals surface area contributed by atoms with E-state index in [1.54, 1.807) is 7.11 Å². The molecule has 2 aliphatic rings. The van der Waals surface area contributed by atoms with E-state index in [0.29, 0.717) is 23.6 Å². The average Bonchev–Trinajstić information content (AvgIpc) is 3.22. The fraction of sp³-hybridized carbons (Fsp3) is 0.611. The van der Waals surface area contributed by atoms with Crippen LogP contribution in [0.2, 0.25) is 0 Å². The summed E-state index contributed by atoms with van der Waals surface area (Å²) in [6.07, 6.45) is 5.06. The molecule has 3 unspecified atom stereocenters. The normalized spacial score (nSPS) is 28.2. The minimum atomic E-state index is 0.0125. The third-order valence-corrected chi connectivity index (χ3v) is 5.72. The number of nitrogens with zero attached hydrogens (tertiary/aromatic N) is 1. The largest absolute Gasteiger partial charge is 0.381 e. The highest BCUT2D eigenvalue weighted by atomic mass is 79.9. The van der Waals surface area contributed by atoms with E-state index >= 15 is 0 Å². The highest BCUT2D eigenvalue weighted by Gasteiger charge is 2.38. The van der Waals surface area contributed by atoms with Gasteiger partial charge >= 0.3 is 0 Å². The van der Waals surface area contributed by atoms with Crippen molar-refractivity contribution < 1.29 is 9.53 Å². The van der Waals surface area contributed by atoms with Gasteiger partial charge in [-0.25, -0.2) is 0 Å². The van der Waals surface area contributed by atoms with Crippen molar-refractivity contribution >= 4 is 21.8 Å². The van der Waals surface area contributed by atoms with Crippen molar-refractivity contribution in [3.8, 4) is 0 Å². The van der Waals surface area contributed by atoms with Gasteiger partial charge in [-0.1, -0.05) is 15.9 Å². The molecule has 23 heavy (non-hydrogen) atoms. The van der Waals surface area contributed by atoms with Crippen LogP contribution in [0.5, 0.6) is 0 Å². The second-order valence-corrected chi connectivity index (χ2v) is 7.53. The van der Waals surface area contributed by atoms with Gasteiger partial charge in [-0.3, -0.25) is 9.69 Å². The number of halogens is 1. The Hall–Kier alpha value is -0.910. The van der Waals surface area contributed by atoms with Crippen molar-refractivity contribution in [1.29, 1.82) is 0 Å². The van der Waals surface area contributed by atoms with Crippen LogP contribution in [0.3, 0.4) is 0 Å². The smallest absolute Gasteiger partial charge is 0.251 e. The van der Waals surface area contributed by atoms with Gasteiger partial charge < -0.3 is 10.1 Å². The van der Waals surface area contributed by atoms with Crippen LogP contribution in [0.4, 0.5) is 0 Å². The van der Waals surface area contributed by atoms with E-state index in [-0.39, 0.29) is 5.91 Å². The lowest BCUT2D eigenvalue weighted by molar-refractivity contribution is 0.0933. The zero-order valence-corrected chi connectivity index (χ0v) is 15.2. The molecule has 1 amide bonds. The molecule has 5 heteroatoms. The maximum Gasteiger partial charge on any atom is 0.251 e. The number of carbonyl (C=O) groups is 1. The molecule has 3 rings (SSSR count). The van der Waals surface area contributed by atoms with Gasteiger partial charge in [-0.05, 0) is 69.0 Å². The van der Waals surface area contributed by atoms with Crippen LogP contribution in [-0.2, 0) is 4.74 Å². The van der Waals surface area contributed by atoms with Gasteiger partial charge in [0.05, 0.1) is 6.10 Å². The average molecular weight is 381 g/mol. The van der Waals surface area contributed by atoms with E-state index in [2.05, 4.69) is 26.1 Å². The van der Waals surface area contributed by atoms with Gasteiger partial charge in [0.15, 0.2) is 0 Å². The molecule has 1 aromatic rings. The van der Waals surface area contributed by atoms with E-state index in [0.717, 1.165) is 23.9 Å². The Morgan fingerprint density at radius 1 is 1.26 bits per heavy atom. The first-order chi connectivity index (χ1) is 11.2. The van der Waals surface area contributed by atoms with Crippen molar-refractivity contribution in [2.75, 3.05) is 26.7 Å². The van der Waals surface area contributed by atoms with Gasteiger partial charge in [0.2, 0.25) is 0 Å². The highest BCUT2D eigenvalue weighted by molar-refractivity contribution is 9.10. The summed E-state index contributed by atoms with van der Waals surface area (Å²) in [6.45, 7) is 3.12. The molecule has 4 nitrogen and oxygen atoms in total. The molecular formula is C18H25BrN2O2. The predicted molar refractivity (Wildman–Crippen MR) is 94.6 cm³/mol. The van der Waals surface area contributed by atoms with Gasteiger partial charge in [0, 0.05) is 29.7 Å². The maximum absolute atomic E-state index is 12.3. The summed E-state index contributed by atoms with van der Waals surface area (Å²) in [6, 6.07) is 8.05. The minimum absolute atomic E-state index is 0.0125. The number of hydrogen-bond acceptors (Lipinski definition) is 3. The van der Waals surface area contributed by atoms with Crippen LogP contribution in [0.1, 0.15) is 36.0 Å². The molecule has 1 saturated heterocycles. The number of methoxy groups -OCH3 is 1. The quantitative estimate of drug-likeness (QED) is 0.853. The van der Waals surface area contributed by atoms with E-state index in [9.17, 15) is 4.79 Å². The fourth-order valence-electron chi connectivity index (χ4n) is 3.91. The standard InChI is InChI=1S/C18H25BrN2O2/c1-23-16-10-14(17(11-16)21-8-2-3-9-21)12-20-18(22)13-4-6-15(19)7-5-13/h4-7,14,16-17H,2-3,8-12H2,1H3,(H,20,22). The Bertz CT molecular complexity index is 528. The lowest BCUT2D eigenvalue weighted by Gasteiger charge is -2.29. The van der Waals surface area contributed by atoms with Crippen molar-refractivity contribution in [1.82, 2.24) is 10.2 Å². The second-order valence-electron chi connectivity index (χ2n) is 6.62. The molecule has 126 valence electrons. The van der Waals surface area contributed by atoms with E-state index in [1.165, 1.54) is 25.9 Å². The number of nitrogens with one attached hydrogen (secondary N) is 1. The third kappa shape index (κ3) is 4.14. The molecule has 0 aromatic heterocycles. The Morgan fingerprint density at radius 3 is 2.61 bits per heavy atom. The van der Waals surface area contributed by atoms with Crippen LogP contribution >= 0.6 is 15.9 Å². The number of hydrogen-bond donors (Lipinski definition) is 1. The zero-order chi connectivity index (χ0) is 16.2. The molecule has 0 bridgehead atoms. The summed E-state index contributed by atoms with van der Waals surface area (Å²) < 4.78 is 6.58. The summed E-state index contributed by atoms with van der Waals surface area (Å²) in [5.41, 5.74) is 0.715. The second kappa shape index (κ2) is 7.77. The van der Waals surface area contributed by atoms with E-state index < -0.39 is 0 Å². The summed E-state index contributed by atoms with van der Waals surface area (Å²) in [5.74, 6) is 0.496. The molecule has 1 heterocycles. The van der Waals surface area contributed by atoms with Crippen LogP contribution in [0, 0.1) is 5.92 Å².